The van der Waals surface area contributed by atoms with Crippen LogP contribution in [-0.4, -0.2) is 74.5 Å². The number of guanidine groups is 1. The lowest BCUT2D eigenvalue weighted by atomic mass is 10.1. The van der Waals surface area contributed by atoms with Crippen molar-refractivity contribution in [3.05, 3.63) is 22.4 Å². The molecule has 2 rings (SSSR count). The van der Waals surface area contributed by atoms with E-state index in [4.69, 9.17) is 4.99 Å². The van der Waals surface area contributed by atoms with Gasteiger partial charge in [-0.1, -0.05) is 13.0 Å². The van der Waals surface area contributed by atoms with Crippen LogP contribution in [0.1, 0.15) is 31.6 Å². The molecule has 160 valence electrons. The van der Waals surface area contributed by atoms with Gasteiger partial charge in [0.1, 0.15) is 0 Å². The second kappa shape index (κ2) is 13.4. The van der Waals surface area contributed by atoms with Crippen molar-refractivity contribution in [1.29, 1.82) is 0 Å². The number of piperidine rings is 1. The first-order chi connectivity index (χ1) is 13.0. The summed E-state index contributed by atoms with van der Waals surface area (Å²) in [5.41, 5.74) is 0. The molecule has 2 heterocycles. The average molecular weight is 522 g/mol. The van der Waals surface area contributed by atoms with Crippen LogP contribution in [-0.2, 0) is 11.2 Å². The van der Waals surface area contributed by atoms with Crippen LogP contribution in [0.2, 0.25) is 0 Å². The molecule has 0 aromatic carbocycles. The number of amides is 1. The molecular formula is C20H36IN5OS. The van der Waals surface area contributed by atoms with Gasteiger partial charge in [-0.2, -0.15) is 0 Å². The van der Waals surface area contributed by atoms with Crippen LogP contribution in [0.25, 0.3) is 0 Å². The van der Waals surface area contributed by atoms with Crippen LogP contribution in [0.5, 0.6) is 0 Å². The quantitative estimate of drug-likeness (QED) is 0.314. The molecule has 0 bridgehead atoms. The smallest absolute Gasteiger partial charge is 0.236 e. The summed E-state index contributed by atoms with van der Waals surface area (Å²) in [6.07, 6.45) is 3.16. The molecule has 1 fully saturated rings. The van der Waals surface area contributed by atoms with Crippen molar-refractivity contribution in [1.82, 2.24) is 20.4 Å². The lowest BCUT2D eigenvalue weighted by molar-refractivity contribution is -0.130. The third kappa shape index (κ3) is 9.09. The molecular weight excluding hydrogens is 485 g/mol. The van der Waals surface area contributed by atoms with Gasteiger partial charge in [0.15, 0.2) is 5.96 Å². The summed E-state index contributed by atoms with van der Waals surface area (Å²) in [6.45, 7) is 8.46. The summed E-state index contributed by atoms with van der Waals surface area (Å²) in [5.74, 6) is 1.62. The fraction of sp³-hybridized carbons (Fsp3) is 0.700. The van der Waals surface area contributed by atoms with Crippen molar-refractivity contribution in [2.24, 2.45) is 10.9 Å². The number of hydrogen-bond donors (Lipinski definition) is 2. The van der Waals surface area contributed by atoms with Gasteiger partial charge in [0.05, 0.1) is 6.54 Å². The zero-order valence-corrected chi connectivity index (χ0v) is 20.8. The fourth-order valence-corrected chi connectivity index (χ4v) is 4.04. The van der Waals surface area contributed by atoms with Gasteiger partial charge in [-0.3, -0.25) is 14.7 Å². The summed E-state index contributed by atoms with van der Waals surface area (Å²) in [6, 6.07) is 4.73. The lowest BCUT2D eigenvalue weighted by Gasteiger charge is -2.33. The molecule has 1 aromatic rings. The van der Waals surface area contributed by atoms with Gasteiger partial charge in [-0.25, -0.2) is 0 Å². The van der Waals surface area contributed by atoms with E-state index in [0.29, 0.717) is 18.5 Å². The minimum Gasteiger partial charge on any atom is -0.357 e. The number of aliphatic imine (C=N–C) groups is 1. The van der Waals surface area contributed by atoms with E-state index in [-0.39, 0.29) is 29.9 Å². The largest absolute Gasteiger partial charge is 0.357 e. The number of nitrogens with zero attached hydrogens (tertiary/aromatic N) is 3. The summed E-state index contributed by atoms with van der Waals surface area (Å²) >= 11 is 1.82. The number of halogens is 1. The predicted molar refractivity (Wildman–Crippen MR) is 130 cm³/mol. The van der Waals surface area contributed by atoms with E-state index in [1.165, 1.54) is 4.88 Å². The zero-order chi connectivity index (χ0) is 19.6. The van der Waals surface area contributed by atoms with Crippen molar-refractivity contribution in [3.8, 4) is 0 Å². The van der Waals surface area contributed by atoms with Crippen molar-refractivity contribution < 1.29 is 4.79 Å². The molecule has 8 heteroatoms. The van der Waals surface area contributed by atoms with Crippen molar-refractivity contribution in [2.75, 3.05) is 46.8 Å². The second-order valence-electron chi connectivity index (χ2n) is 7.59. The number of nitrogens with one attached hydrogen (secondary N) is 2. The first kappa shape index (κ1) is 25.2. The Morgan fingerprint density at radius 3 is 2.68 bits per heavy atom. The van der Waals surface area contributed by atoms with Crippen LogP contribution in [0.3, 0.4) is 0 Å². The lowest BCUT2D eigenvalue weighted by Crippen LogP contribution is -2.50. The number of thiophene rings is 1. The summed E-state index contributed by atoms with van der Waals surface area (Å²) in [5, 5.41) is 9.09. The number of likely N-dealkylation sites (tertiary alicyclic amines) is 1. The van der Waals surface area contributed by atoms with E-state index in [2.05, 4.69) is 46.9 Å². The predicted octanol–water partition coefficient (Wildman–Crippen LogP) is 2.65. The van der Waals surface area contributed by atoms with Crippen LogP contribution < -0.4 is 10.6 Å². The summed E-state index contributed by atoms with van der Waals surface area (Å²) in [4.78, 5) is 22.0. The van der Waals surface area contributed by atoms with Gasteiger partial charge in [-0.05, 0) is 43.6 Å². The number of likely N-dealkylation sites (N-methyl/N-ethyl adjacent to an activating group) is 1. The van der Waals surface area contributed by atoms with E-state index in [9.17, 15) is 4.79 Å². The molecule has 1 saturated heterocycles. The maximum Gasteiger partial charge on any atom is 0.236 e. The Morgan fingerprint density at radius 2 is 2.11 bits per heavy atom. The highest BCUT2D eigenvalue weighted by molar-refractivity contribution is 14.0. The normalized spacial score (nSPS) is 16.9. The first-order valence-corrected chi connectivity index (χ1v) is 10.9. The number of carbonyl (C=O) groups is 1. The van der Waals surface area contributed by atoms with Crippen LogP contribution in [0.4, 0.5) is 0 Å². The fourth-order valence-electron chi connectivity index (χ4n) is 3.17. The minimum atomic E-state index is 0. The highest BCUT2D eigenvalue weighted by Crippen LogP contribution is 2.15. The molecule has 6 nitrogen and oxygen atoms in total. The Hall–Kier alpha value is -0.870. The Bertz CT molecular complexity index is 585. The standard InChI is InChI=1S/C20H35N5OS.HI/c1-5-21-20(22-14-16(2)13-18-7-6-12-27-18)23-17-8-10-25(11-9-17)15-19(26)24(3)4;/h6-7,12,16-17H,5,8-11,13-15H2,1-4H3,(H2,21,22,23);1H. The molecule has 0 radical (unpaired) electrons. The van der Waals surface area contributed by atoms with Crippen LogP contribution in [0, 0.1) is 5.92 Å². The third-order valence-corrected chi connectivity index (χ3v) is 5.72. The van der Waals surface area contributed by atoms with Gasteiger partial charge in [0.25, 0.3) is 0 Å². The number of carbonyl (C=O) groups excluding carboxylic acids is 1. The van der Waals surface area contributed by atoms with Crippen molar-refractivity contribution in [3.63, 3.8) is 0 Å². The Morgan fingerprint density at radius 1 is 1.39 bits per heavy atom. The van der Waals surface area contributed by atoms with E-state index >= 15 is 0 Å². The maximum absolute atomic E-state index is 11.9. The molecule has 1 aromatic heterocycles. The molecule has 0 saturated carbocycles. The Balaban J connectivity index is 0.00000392. The molecule has 2 N–H and O–H groups in total. The van der Waals surface area contributed by atoms with E-state index < -0.39 is 0 Å². The van der Waals surface area contributed by atoms with Crippen LogP contribution >= 0.6 is 35.3 Å². The average Bonchev–Trinajstić information content (AvgIpc) is 3.14. The van der Waals surface area contributed by atoms with Crippen molar-refractivity contribution >= 4 is 47.2 Å². The molecule has 0 spiro atoms. The Labute approximate surface area is 191 Å². The molecule has 0 aliphatic carbocycles. The number of rotatable bonds is 8. The van der Waals surface area contributed by atoms with Gasteiger partial charge in [-0.15, -0.1) is 35.3 Å². The topological polar surface area (TPSA) is 60.0 Å². The molecule has 1 unspecified atom stereocenters. The van der Waals surface area contributed by atoms with E-state index in [1.807, 2.05) is 25.4 Å². The molecule has 1 amide bonds. The molecule has 1 aliphatic heterocycles. The van der Waals surface area contributed by atoms with Crippen LogP contribution in [0.15, 0.2) is 22.5 Å². The highest BCUT2D eigenvalue weighted by atomic mass is 127. The van der Waals surface area contributed by atoms with E-state index in [0.717, 1.165) is 51.4 Å². The second-order valence-corrected chi connectivity index (χ2v) is 8.62. The van der Waals surface area contributed by atoms with Crippen molar-refractivity contribution in [2.45, 2.75) is 39.2 Å². The minimum absolute atomic E-state index is 0. The highest BCUT2D eigenvalue weighted by Gasteiger charge is 2.22. The third-order valence-electron chi connectivity index (χ3n) is 4.82. The number of hydrogen-bond acceptors (Lipinski definition) is 4. The summed E-state index contributed by atoms with van der Waals surface area (Å²) < 4.78 is 0. The zero-order valence-electron chi connectivity index (χ0n) is 17.6. The van der Waals surface area contributed by atoms with Gasteiger partial charge < -0.3 is 15.5 Å². The molecule has 1 aliphatic rings. The molecule has 28 heavy (non-hydrogen) atoms. The first-order valence-electron chi connectivity index (χ1n) is 9.97. The van der Waals surface area contributed by atoms with Gasteiger partial charge in [0.2, 0.25) is 5.91 Å². The SMILES string of the molecule is CCNC(=NCC(C)Cc1cccs1)NC1CCN(CC(=O)N(C)C)CC1.I. The van der Waals surface area contributed by atoms with E-state index in [1.54, 1.807) is 4.90 Å². The van der Waals surface area contributed by atoms with Gasteiger partial charge >= 0.3 is 0 Å². The summed E-state index contributed by atoms with van der Waals surface area (Å²) in [7, 11) is 3.63. The Kier molecular flexibility index (Phi) is 12.0. The van der Waals surface area contributed by atoms with Gasteiger partial charge in [0, 0.05) is 51.2 Å². The molecule has 1 atom stereocenters. The maximum atomic E-state index is 11.9. The monoisotopic (exact) mass is 521 g/mol.